The summed E-state index contributed by atoms with van der Waals surface area (Å²) in [5.41, 5.74) is -0.487. The van der Waals surface area contributed by atoms with Crippen LogP contribution in [0.2, 0.25) is 0 Å². The van der Waals surface area contributed by atoms with E-state index in [0.717, 1.165) is 18.2 Å². The zero-order valence-corrected chi connectivity index (χ0v) is 10.5. The standard InChI is InChI=1S/C14H10O7/c15-9-5-4-7(6-10(9)16)14(20)21-11-3-1-2-8(12(11)17)13(18)19/h1-6,15-17H,(H,18,19). The first-order chi connectivity index (χ1) is 9.90. The Balaban J connectivity index is 2.29. The first-order valence-corrected chi connectivity index (χ1v) is 5.69. The van der Waals surface area contributed by atoms with Crippen LogP contribution in [0.1, 0.15) is 20.7 Å². The van der Waals surface area contributed by atoms with E-state index in [-0.39, 0.29) is 11.3 Å². The fraction of sp³-hybridized carbons (Fsp3) is 0. The summed E-state index contributed by atoms with van der Waals surface area (Å²) in [5.74, 6) is -4.21. The highest BCUT2D eigenvalue weighted by Crippen LogP contribution is 2.31. The number of carbonyl (C=O) groups excluding carboxylic acids is 1. The van der Waals surface area contributed by atoms with Gasteiger partial charge in [0, 0.05) is 0 Å². The number of hydrogen-bond acceptors (Lipinski definition) is 6. The molecule has 0 amide bonds. The van der Waals surface area contributed by atoms with Gasteiger partial charge in [0.25, 0.3) is 0 Å². The number of hydrogen-bond donors (Lipinski definition) is 4. The average molecular weight is 290 g/mol. The minimum Gasteiger partial charge on any atom is -0.504 e. The molecule has 2 aromatic rings. The molecule has 4 N–H and O–H groups in total. The van der Waals surface area contributed by atoms with Crippen molar-refractivity contribution in [3.8, 4) is 23.0 Å². The van der Waals surface area contributed by atoms with Crippen LogP contribution in [0.15, 0.2) is 36.4 Å². The topological polar surface area (TPSA) is 124 Å². The monoisotopic (exact) mass is 290 g/mol. The molecule has 0 spiro atoms. The third-order valence-corrected chi connectivity index (χ3v) is 2.64. The van der Waals surface area contributed by atoms with E-state index in [0.29, 0.717) is 0 Å². The van der Waals surface area contributed by atoms with Gasteiger partial charge in [-0.15, -0.1) is 0 Å². The molecule has 0 saturated heterocycles. The van der Waals surface area contributed by atoms with Crippen molar-refractivity contribution in [3.05, 3.63) is 47.5 Å². The molecule has 0 bridgehead atoms. The molecule has 0 unspecified atom stereocenters. The highest BCUT2D eigenvalue weighted by Gasteiger charge is 2.18. The number of para-hydroxylation sites is 1. The van der Waals surface area contributed by atoms with Crippen LogP contribution in [0.4, 0.5) is 0 Å². The van der Waals surface area contributed by atoms with Crippen LogP contribution in [0.3, 0.4) is 0 Å². The van der Waals surface area contributed by atoms with Crippen LogP contribution in [0.25, 0.3) is 0 Å². The van der Waals surface area contributed by atoms with Crippen LogP contribution >= 0.6 is 0 Å². The van der Waals surface area contributed by atoms with Gasteiger partial charge in [-0.25, -0.2) is 9.59 Å². The summed E-state index contributed by atoms with van der Waals surface area (Å²) in [4.78, 5) is 22.7. The highest BCUT2D eigenvalue weighted by molar-refractivity contribution is 5.94. The second kappa shape index (κ2) is 5.41. The molecule has 2 aromatic carbocycles. The van der Waals surface area contributed by atoms with Crippen molar-refractivity contribution in [2.75, 3.05) is 0 Å². The van der Waals surface area contributed by atoms with Gasteiger partial charge in [-0.2, -0.15) is 0 Å². The first-order valence-electron chi connectivity index (χ1n) is 5.69. The lowest BCUT2D eigenvalue weighted by atomic mass is 10.2. The fourth-order valence-corrected chi connectivity index (χ4v) is 1.59. The SMILES string of the molecule is O=C(Oc1cccc(C(=O)O)c1O)c1ccc(O)c(O)c1. The number of carboxylic acid groups (broad SMARTS) is 1. The number of ether oxygens (including phenoxy) is 1. The molecule has 21 heavy (non-hydrogen) atoms. The number of carbonyl (C=O) groups is 2. The zero-order chi connectivity index (χ0) is 15.6. The Labute approximate surface area is 118 Å². The van der Waals surface area contributed by atoms with Crippen molar-refractivity contribution in [1.29, 1.82) is 0 Å². The van der Waals surface area contributed by atoms with Gasteiger partial charge in [0.2, 0.25) is 0 Å². The lowest BCUT2D eigenvalue weighted by Gasteiger charge is -2.08. The molecule has 0 aliphatic carbocycles. The van der Waals surface area contributed by atoms with Gasteiger partial charge in [0.1, 0.15) is 5.56 Å². The minimum atomic E-state index is -1.37. The summed E-state index contributed by atoms with van der Waals surface area (Å²) >= 11 is 0. The van der Waals surface area contributed by atoms with Gasteiger partial charge in [0.15, 0.2) is 23.0 Å². The largest absolute Gasteiger partial charge is 0.504 e. The number of phenolic OH excluding ortho intramolecular Hbond substituents is 2. The first kappa shape index (κ1) is 14.2. The number of carboxylic acids is 1. The lowest BCUT2D eigenvalue weighted by molar-refractivity contribution is 0.0680. The molecular weight excluding hydrogens is 280 g/mol. The van der Waals surface area contributed by atoms with Crippen LogP contribution in [-0.2, 0) is 0 Å². The van der Waals surface area contributed by atoms with E-state index in [1.54, 1.807) is 0 Å². The Bertz CT molecular complexity index is 721. The molecule has 0 atom stereocenters. The third-order valence-electron chi connectivity index (χ3n) is 2.64. The quantitative estimate of drug-likeness (QED) is 0.385. The van der Waals surface area contributed by atoms with E-state index in [1.165, 1.54) is 18.2 Å². The molecular formula is C14H10O7. The second-order valence-corrected chi connectivity index (χ2v) is 4.05. The Hall–Kier alpha value is -3.22. The van der Waals surface area contributed by atoms with Crippen molar-refractivity contribution < 1.29 is 34.8 Å². The van der Waals surface area contributed by atoms with E-state index in [9.17, 15) is 19.8 Å². The smallest absolute Gasteiger partial charge is 0.343 e. The molecule has 0 fully saturated rings. The number of aromatic hydroxyl groups is 3. The molecule has 0 aromatic heterocycles. The van der Waals surface area contributed by atoms with Gasteiger partial charge < -0.3 is 25.2 Å². The predicted molar refractivity (Wildman–Crippen MR) is 69.8 cm³/mol. The van der Waals surface area contributed by atoms with E-state index < -0.39 is 34.8 Å². The molecule has 108 valence electrons. The minimum absolute atomic E-state index is 0.0783. The number of aromatic carboxylic acids is 1. The third kappa shape index (κ3) is 2.86. The van der Waals surface area contributed by atoms with Crippen molar-refractivity contribution in [1.82, 2.24) is 0 Å². The fourth-order valence-electron chi connectivity index (χ4n) is 1.59. The lowest BCUT2D eigenvalue weighted by Crippen LogP contribution is -2.09. The maximum absolute atomic E-state index is 11.8. The normalized spacial score (nSPS) is 10.1. The van der Waals surface area contributed by atoms with Crippen molar-refractivity contribution in [2.24, 2.45) is 0 Å². The van der Waals surface area contributed by atoms with E-state index in [1.807, 2.05) is 0 Å². The van der Waals surface area contributed by atoms with Gasteiger partial charge in [-0.3, -0.25) is 0 Å². The highest BCUT2D eigenvalue weighted by atomic mass is 16.5. The summed E-state index contributed by atoms with van der Waals surface area (Å²) in [6.07, 6.45) is 0. The molecule has 0 aliphatic heterocycles. The summed E-state index contributed by atoms with van der Waals surface area (Å²) in [6, 6.07) is 6.96. The molecule has 7 nitrogen and oxygen atoms in total. The molecule has 0 heterocycles. The average Bonchev–Trinajstić information content (AvgIpc) is 2.43. The Kier molecular flexibility index (Phi) is 3.66. The zero-order valence-electron chi connectivity index (χ0n) is 10.5. The molecule has 0 saturated carbocycles. The number of benzene rings is 2. The van der Waals surface area contributed by atoms with Gasteiger partial charge >= 0.3 is 11.9 Å². The Morgan fingerprint density at radius 1 is 0.952 bits per heavy atom. The van der Waals surface area contributed by atoms with Gasteiger partial charge in [-0.1, -0.05) is 6.07 Å². The predicted octanol–water partition coefficient (Wildman–Crippen LogP) is 1.72. The number of phenols is 3. The van der Waals surface area contributed by atoms with Crippen LogP contribution < -0.4 is 4.74 Å². The van der Waals surface area contributed by atoms with Crippen LogP contribution in [-0.4, -0.2) is 32.4 Å². The molecule has 2 rings (SSSR count). The Morgan fingerprint density at radius 3 is 2.29 bits per heavy atom. The molecule has 0 radical (unpaired) electrons. The molecule has 0 aliphatic rings. The molecule has 7 heteroatoms. The summed E-state index contributed by atoms with van der Waals surface area (Å²) in [6.45, 7) is 0. The number of rotatable bonds is 3. The van der Waals surface area contributed by atoms with Crippen LogP contribution in [0, 0.1) is 0 Å². The number of esters is 1. The summed E-state index contributed by atoms with van der Waals surface area (Å²) < 4.78 is 4.87. The van der Waals surface area contributed by atoms with Crippen molar-refractivity contribution >= 4 is 11.9 Å². The van der Waals surface area contributed by atoms with Crippen molar-refractivity contribution in [3.63, 3.8) is 0 Å². The van der Waals surface area contributed by atoms with Gasteiger partial charge in [0.05, 0.1) is 5.56 Å². The maximum atomic E-state index is 11.8. The second-order valence-electron chi connectivity index (χ2n) is 4.05. The summed E-state index contributed by atoms with van der Waals surface area (Å²) in [5, 5.41) is 37.0. The summed E-state index contributed by atoms with van der Waals surface area (Å²) in [7, 11) is 0. The van der Waals surface area contributed by atoms with E-state index >= 15 is 0 Å². The van der Waals surface area contributed by atoms with Crippen LogP contribution in [0.5, 0.6) is 23.0 Å². The van der Waals surface area contributed by atoms with E-state index in [4.69, 9.17) is 14.9 Å². The van der Waals surface area contributed by atoms with E-state index in [2.05, 4.69) is 0 Å². The maximum Gasteiger partial charge on any atom is 0.343 e. The van der Waals surface area contributed by atoms with Crippen molar-refractivity contribution in [2.45, 2.75) is 0 Å². The van der Waals surface area contributed by atoms with Gasteiger partial charge in [-0.05, 0) is 30.3 Å². The Morgan fingerprint density at radius 2 is 1.67 bits per heavy atom.